The van der Waals surface area contributed by atoms with Crippen molar-refractivity contribution < 1.29 is 9.53 Å². The molecule has 1 fully saturated rings. The first-order valence-corrected chi connectivity index (χ1v) is 8.80. The summed E-state index contributed by atoms with van der Waals surface area (Å²) in [6, 6.07) is 7.25. The van der Waals surface area contributed by atoms with Crippen LogP contribution in [0, 0.1) is 0 Å². The van der Waals surface area contributed by atoms with Crippen molar-refractivity contribution in [2.45, 2.75) is 31.6 Å². The summed E-state index contributed by atoms with van der Waals surface area (Å²) < 4.78 is 5.62. The quantitative estimate of drug-likeness (QED) is 0.909. The van der Waals surface area contributed by atoms with Crippen LogP contribution in [0.3, 0.4) is 0 Å². The minimum absolute atomic E-state index is 0.0444. The first kappa shape index (κ1) is 15.9. The van der Waals surface area contributed by atoms with E-state index in [2.05, 4.69) is 9.97 Å². The van der Waals surface area contributed by atoms with Crippen molar-refractivity contribution in [1.29, 1.82) is 0 Å². The van der Waals surface area contributed by atoms with Gasteiger partial charge >= 0.3 is 0 Å². The Hall–Kier alpha value is -2.63. The number of rotatable bonds is 2. The van der Waals surface area contributed by atoms with E-state index in [1.54, 1.807) is 0 Å². The van der Waals surface area contributed by atoms with Crippen LogP contribution in [0.5, 0.6) is 5.75 Å². The number of benzene rings is 1. The maximum absolute atomic E-state index is 12.9. The van der Waals surface area contributed by atoms with Gasteiger partial charge in [0, 0.05) is 30.6 Å². The molecular formula is C19H21N3O3. The van der Waals surface area contributed by atoms with Crippen molar-refractivity contribution in [3.8, 4) is 5.75 Å². The minimum atomic E-state index is -0.150. The number of aromatic amines is 1. The molecule has 0 aliphatic carbocycles. The molecule has 1 aromatic heterocycles. The van der Waals surface area contributed by atoms with Gasteiger partial charge in [-0.05, 0) is 49.4 Å². The fourth-order valence-electron chi connectivity index (χ4n) is 3.69. The third-order valence-electron chi connectivity index (χ3n) is 4.98. The van der Waals surface area contributed by atoms with Crippen LogP contribution < -0.4 is 10.3 Å². The lowest BCUT2D eigenvalue weighted by Crippen LogP contribution is -2.39. The average Bonchev–Trinajstić information content (AvgIpc) is 2.67. The van der Waals surface area contributed by atoms with Crippen LogP contribution in [0.15, 0.2) is 35.4 Å². The molecule has 6 heteroatoms. The molecule has 0 bridgehead atoms. The molecule has 0 radical (unpaired) electrons. The van der Waals surface area contributed by atoms with E-state index in [-0.39, 0.29) is 17.4 Å². The van der Waals surface area contributed by atoms with Crippen molar-refractivity contribution in [2.24, 2.45) is 0 Å². The number of aromatic nitrogens is 2. The molecule has 4 rings (SSSR count). The van der Waals surface area contributed by atoms with Crippen LogP contribution in [0.2, 0.25) is 0 Å². The minimum Gasteiger partial charge on any atom is -0.493 e. The van der Waals surface area contributed by atoms with Gasteiger partial charge in [-0.15, -0.1) is 0 Å². The fourth-order valence-corrected chi connectivity index (χ4v) is 3.69. The van der Waals surface area contributed by atoms with Crippen molar-refractivity contribution >= 4 is 5.91 Å². The first-order valence-electron chi connectivity index (χ1n) is 8.80. The summed E-state index contributed by atoms with van der Waals surface area (Å²) in [5.74, 6) is 1.05. The number of aryl methyl sites for hydroxylation is 1. The standard InChI is InChI=1S/C19H21N3O3/c23-18-10-16(20-12-21-18)15-3-1-7-22(11-15)19(24)14-5-6-17-13(9-14)4-2-8-25-17/h5-6,9-10,12,15H,1-4,7-8,11H2,(H,20,21,23). The van der Waals surface area contributed by atoms with Crippen LogP contribution in [0.1, 0.15) is 46.8 Å². The number of nitrogens with one attached hydrogen (secondary N) is 1. The van der Waals surface area contributed by atoms with Gasteiger partial charge in [0.2, 0.25) is 0 Å². The maximum Gasteiger partial charge on any atom is 0.253 e. The van der Waals surface area contributed by atoms with Crippen LogP contribution in [-0.4, -0.2) is 40.5 Å². The Morgan fingerprint density at radius 3 is 3.08 bits per heavy atom. The van der Waals surface area contributed by atoms with Crippen molar-refractivity contribution in [1.82, 2.24) is 14.9 Å². The average molecular weight is 339 g/mol. The van der Waals surface area contributed by atoms with E-state index in [1.807, 2.05) is 23.1 Å². The Labute approximate surface area is 145 Å². The molecule has 2 aromatic rings. The van der Waals surface area contributed by atoms with E-state index in [4.69, 9.17) is 4.74 Å². The molecule has 1 aromatic carbocycles. The van der Waals surface area contributed by atoms with Gasteiger partial charge < -0.3 is 14.6 Å². The molecule has 0 saturated carbocycles. The summed E-state index contributed by atoms with van der Waals surface area (Å²) in [5.41, 5.74) is 2.44. The number of piperidine rings is 1. The number of carbonyl (C=O) groups is 1. The SMILES string of the molecule is O=C(c1ccc2c(c1)CCCO2)N1CCCC(c2cc(=O)[nH]cn2)C1. The zero-order valence-electron chi connectivity index (χ0n) is 14.0. The van der Waals surface area contributed by atoms with E-state index in [0.717, 1.165) is 55.8 Å². The molecule has 2 aliphatic heterocycles. The summed E-state index contributed by atoms with van der Waals surface area (Å²) in [4.78, 5) is 33.1. The summed E-state index contributed by atoms with van der Waals surface area (Å²) in [6.45, 7) is 2.09. The molecule has 25 heavy (non-hydrogen) atoms. The van der Waals surface area contributed by atoms with Gasteiger partial charge in [-0.3, -0.25) is 9.59 Å². The molecule has 1 N–H and O–H groups in total. The third-order valence-corrected chi connectivity index (χ3v) is 4.98. The van der Waals surface area contributed by atoms with E-state index >= 15 is 0 Å². The Morgan fingerprint density at radius 2 is 2.20 bits per heavy atom. The van der Waals surface area contributed by atoms with Gasteiger partial charge in [0.15, 0.2) is 0 Å². The Morgan fingerprint density at radius 1 is 1.28 bits per heavy atom. The lowest BCUT2D eigenvalue weighted by Gasteiger charge is -2.32. The highest BCUT2D eigenvalue weighted by Gasteiger charge is 2.27. The molecule has 6 nitrogen and oxygen atoms in total. The van der Waals surface area contributed by atoms with Crippen molar-refractivity contribution in [3.63, 3.8) is 0 Å². The molecule has 1 amide bonds. The molecule has 1 saturated heterocycles. The number of hydrogen-bond donors (Lipinski definition) is 1. The molecular weight excluding hydrogens is 318 g/mol. The highest BCUT2D eigenvalue weighted by molar-refractivity contribution is 5.94. The van der Waals surface area contributed by atoms with E-state index in [9.17, 15) is 9.59 Å². The Bertz CT molecular complexity index is 846. The Kier molecular flexibility index (Phi) is 4.26. The van der Waals surface area contributed by atoms with E-state index in [1.165, 1.54) is 12.4 Å². The molecule has 1 atom stereocenters. The topological polar surface area (TPSA) is 75.3 Å². The monoisotopic (exact) mass is 339 g/mol. The van der Waals surface area contributed by atoms with Crippen LogP contribution in [0.25, 0.3) is 0 Å². The van der Waals surface area contributed by atoms with E-state index < -0.39 is 0 Å². The Balaban J connectivity index is 1.53. The van der Waals surface area contributed by atoms with Gasteiger partial charge in [0.1, 0.15) is 5.75 Å². The summed E-state index contributed by atoms with van der Waals surface area (Å²) in [7, 11) is 0. The fraction of sp³-hybridized carbons (Fsp3) is 0.421. The lowest BCUT2D eigenvalue weighted by atomic mass is 9.93. The molecule has 2 aliphatic rings. The zero-order valence-corrected chi connectivity index (χ0v) is 14.0. The van der Waals surface area contributed by atoms with Gasteiger partial charge in [0.25, 0.3) is 11.5 Å². The number of fused-ring (bicyclic) bond motifs is 1. The number of amides is 1. The number of H-pyrrole nitrogens is 1. The number of nitrogens with zero attached hydrogens (tertiary/aromatic N) is 2. The van der Waals surface area contributed by atoms with Crippen LogP contribution in [-0.2, 0) is 6.42 Å². The van der Waals surface area contributed by atoms with Crippen LogP contribution >= 0.6 is 0 Å². The van der Waals surface area contributed by atoms with Gasteiger partial charge in [-0.2, -0.15) is 0 Å². The van der Waals surface area contributed by atoms with Gasteiger partial charge in [-0.1, -0.05) is 0 Å². The molecule has 1 unspecified atom stereocenters. The highest BCUT2D eigenvalue weighted by atomic mass is 16.5. The summed E-state index contributed by atoms with van der Waals surface area (Å²) in [5, 5.41) is 0. The zero-order chi connectivity index (χ0) is 17.2. The van der Waals surface area contributed by atoms with Crippen molar-refractivity contribution in [3.05, 3.63) is 57.8 Å². The number of carbonyl (C=O) groups excluding carboxylic acids is 1. The second-order valence-electron chi connectivity index (χ2n) is 6.70. The molecule has 0 spiro atoms. The highest BCUT2D eigenvalue weighted by Crippen LogP contribution is 2.28. The number of hydrogen-bond acceptors (Lipinski definition) is 4. The van der Waals surface area contributed by atoms with E-state index in [0.29, 0.717) is 12.1 Å². The predicted octanol–water partition coefficient (Wildman–Crippen LogP) is 2.11. The predicted molar refractivity (Wildman–Crippen MR) is 93.0 cm³/mol. The second-order valence-corrected chi connectivity index (χ2v) is 6.70. The normalized spacial score (nSPS) is 19.8. The third kappa shape index (κ3) is 3.29. The van der Waals surface area contributed by atoms with Crippen LogP contribution in [0.4, 0.5) is 0 Å². The largest absolute Gasteiger partial charge is 0.493 e. The summed E-state index contributed by atoms with van der Waals surface area (Å²) in [6.07, 6.45) is 5.24. The first-order chi connectivity index (χ1) is 12.2. The van der Waals surface area contributed by atoms with Crippen molar-refractivity contribution in [2.75, 3.05) is 19.7 Å². The molecule has 130 valence electrons. The lowest BCUT2D eigenvalue weighted by molar-refractivity contribution is 0.0705. The van der Waals surface area contributed by atoms with Gasteiger partial charge in [-0.25, -0.2) is 4.98 Å². The smallest absolute Gasteiger partial charge is 0.253 e. The van der Waals surface area contributed by atoms with Gasteiger partial charge in [0.05, 0.1) is 18.6 Å². The number of likely N-dealkylation sites (tertiary alicyclic amines) is 1. The number of ether oxygens (including phenoxy) is 1. The molecule has 3 heterocycles. The summed E-state index contributed by atoms with van der Waals surface area (Å²) >= 11 is 0. The maximum atomic E-state index is 12.9. The second kappa shape index (κ2) is 6.70.